The number of carbonyl (C=O) groups is 1. The number of hydrogen-bond acceptors (Lipinski definition) is 3. The Balaban J connectivity index is 3.50. The number of hydrogen-bond donors (Lipinski definition) is 0. The second kappa shape index (κ2) is 5.10. The normalized spacial score (nSPS) is 9.10. The highest BCUT2D eigenvalue weighted by molar-refractivity contribution is 7.55. The van der Waals surface area contributed by atoms with Gasteiger partial charge in [0.15, 0.2) is 0 Å². The molecule has 0 aromatic rings. The van der Waals surface area contributed by atoms with Crippen molar-refractivity contribution >= 4 is 17.6 Å². The summed E-state index contributed by atoms with van der Waals surface area (Å²) in [5.74, 6) is 0.274. The van der Waals surface area contributed by atoms with Crippen molar-refractivity contribution in [3.63, 3.8) is 0 Å². The SMILES string of the molecule is CC(C)COC(=O)N=S=O. The molecule has 0 saturated carbocycles. The van der Waals surface area contributed by atoms with E-state index in [2.05, 4.69) is 9.10 Å². The summed E-state index contributed by atoms with van der Waals surface area (Å²) in [4.78, 5) is 10.3. The highest BCUT2D eigenvalue weighted by Gasteiger charge is 1.99. The van der Waals surface area contributed by atoms with Crippen LogP contribution in [-0.4, -0.2) is 16.9 Å². The molecule has 0 aliphatic rings. The van der Waals surface area contributed by atoms with Crippen molar-refractivity contribution in [2.24, 2.45) is 10.3 Å². The van der Waals surface area contributed by atoms with Crippen LogP contribution in [0.4, 0.5) is 4.79 Å². The number of ether oxygens (including phenoxy) is 1. The Morgan fingerprint density at radius 2 is 2.30 bits per heavy atom. The molecular formula is C5H9NO3S. The maximum Gasteiger partial charge on any atom is 0.446 e. The monoisotopic (exact) mass is 163 g/mol. The fourth-order valence-electron chi connectivity index (χ4n) is 0.295. The second-order valence-electron chi connectivity index (χ2n) is 2.14. The lowest BCUT2D eigenvalue weighted by Gasteiger charge is -2.01. The van der Waals surface area contributed by atoms with Gasteiger partial charge in [-0.05, 0) is 5.92 Å². The molecule has 0 rings (SSSR count). The Morgan fingerprint density at radius 1 is 1.70 bits per heavy atom. The molecule has 4 nitrogen and oxygen atoms in total. The van der Waals surface area contributed by atoms with E-state index in [0.29, 0.717) is 6.61 Å². The summed E-state index contributed by atoms with van der Waals surface area (Å²) in [5.41, 5.74) is 0. The average molecular weight is 163 g/mol. The fourth-order valence-corrected chi connectivity index (χ4v) is 0.408. The molecule has 0 bridgehead atoms. The van der Waals surface area contributed by atoms with Crippen LogP contribution in [0.1, 0.15) is 13.8 Å². The van der Waals surface area contributed by atoms with Crippen LogP contribution in [0.25, 0.3) is 0 Å². The van der Waals surface area contributed by atoms with E-state index < -0.39 is 6.09 Å². The molecule has 10 heavy (non-hydrogen) atoms. The molecule has 0 heterocycles. The van der Waals surface area contributed by atoms with Crippen LogP contribution < -0.4 is 0 Å². The van der Waals surface area contributed by atoms with Crippen molar-refractivity contribution in [3.05, 3.63) is 0 Å². The second-order valence-corrected chi connectivity index (χ2v) is 2.47. The van der Waals surface area contributed by atoms with E-state index in [1.165, 1.54) is 0 Å². The van der Waals surface area contributed by atoms with Crippen LogP contribution in [0.3, 0.4) is 0 Å². The van der Waals surface area contributed by atoms with Crippen molar-refractivity contribution in [3.8, 4) is 0 Å². The van der Waals surface area contributed by atoms with E-state index in [0.717, 1.165) is 0 Å². The molecule has 0 unspecified atom stereocenters. The first kappa shape index (κ1) is 9.29. The Labute approximate surface area is 62.8 Å². The minimum absolute atomic E-state index is 0.138. The zero-order valence-corrected chi connectivity index (χ0v) is 6.68. The smallest absolute Gasteiger partial charge is 0.446 e. The van der Waals surface area contributed by atoms with E-state index in [1.54, 1.807) is 0 Å². The van der Waals surface area contributed by atoms with Crippen LogP contribution >= 0.6 is 0 Å². The third-order valence-corrected chi connectivity index (χ3v) is 0.876. The quantitative estimate of drug-likeness (QED) is 0.614. The molecule has 0 spiro atoms. The highest BCUT2D eigenvalue weighted by Crippen LogP contribution is 1.93. The molecule has 0 aromatic heterocycles. The van der Waals surface area contributed by atoms with Gasteiger partial charge in [-0.1, -0.05) is 18.2 Å². The molecule has 0 aliphatic heterocycles. The van der Waals surface area contributed by atoms with Crippen molar-refractivity contribution in [2.45, 2.75) is 13.8 Å². The number of carbonyl (C=O) groups excluding carboxylic acids is 1. The summed E-state index contributed by atoms with van der Waals surface area (Å²) in [6, 6.07) is 0. The topological polar surface area (TPSA) is 55.7 Å². The summed E-state index contributed by atoms with van der Waals surface area (Å²) >= 11 is -0.138. The third kappa shape index (κ3) is 5.43. The molecule has 0 aromatic carbocycles. The molecule has 0 fully saturated rings. The van der Waals surface area contributed by atoms with Gasteiger partial charge in [-0.3, -0.25) is 0 Å². The van der Waals surface area contributed by atoms with Gasteiger partial charge in [0.25, 0.3) is 0 Å². The molecule has 0 N–H and O–H groups in total. The minimum Gasteiger partial charge on any atom is -0.447 e. The Bertz CT molecular complexity index is 162. The van der Waals surface area contributed by atoms with E-state index in [9.17, 15) is 9.00 Å². The van der Waals surface area contributed by atoms with Gasteiger partial charge in [-0.25, -0.2) is 4.79 Å². The van der Waals surface area contributed by atoms with Crippen LogP contribution in [0.5, 0.6) is 0 Å². The van der Waals surface area contributed by atoms with Crippen molar-refractivity contribution in [1.29, 1.82) is 0 Å². The number of nitrogens with zero attached hydrogens (tertiary/aromatic N) is 1. The van der Waals surface area contributed by atoms with Gasteiger partial charge in [-0.15, -0.1) is 0 Å². The van der Waals surface area contributed by atoms with Gasteiger partial charge in [-0.2, -0.15) is 4.21 Å². The van der Waals surface area contributed by atoms with Gasteiger partial charge >= 0.3 is 6.09 Å². The van der Waals surface area contributed by atoms with E-state index in [1.807, 2.05) is 13.8 Å². The summed E-state index contributed by atoms with van der Waals surface area (Å²) in [7, 11) is 0. The first-order chi connectivity index (χ1) is 4.66. The van der Waals surface area contributed by atoms with Crippen LogP contribution in [-0.2, 0) is 16.2 Å². The fraction of sp³-hybridized carbons (Fsp3) is 0.800. The average Bonchev–Trinajstić information content (AvgIpc) is 1.85. The summed E-state index contributed by atoms with van der Waals surface area (Å²) < 4.78 is 17.0. The molecular weight excluding hydrogens is 154 g/mol. The van der Waals surface area contributed by atoms with E-state index in [4.69, 9.17) is 0 Å². The molecule has 0 atom stereocenters. The summed E-state index contributed by atoms with van der Waals surface area (Å²) in [5, 5.41) is 0. The largest absolute Gasteiger partial charge is 0.447 e. The first-order valence-electron chi connectivity index (χ1n) is 2.83. The lowest BCUT2D eigenvalue weighted by Crippen LogP contribution is -2.05. The molecule has 5 heteroatoms. The lowest BCUT2D eigenvalue weighted by molar-refractivity contribution is 0.144. The predicted molar refractivity (Wildman–Crippen MR) is 36.8 cm³/mol. The third-order valence-electron chi connectivity index (χ3n) is 0.652. The molecule has 0 aliphatic carbocycles. The number of amides is 1. The van der Waals surface area contributed by atoms with Crippen molar-refractivity contribution in [1.82, 2.24) is 0 Å². The highest BCUT2D eigenvalue weighted by atomic mass is 32.1. The van der Waals surface area contributed by atoms with Gasteiger partial charge < -0.3 is 4.74 Å². The van der Waals surface area contributed by atoms with Gasteiger partial charge in [0, 0.05) is 0 Å². The maximum atomic E-state index is 10.3. The molecule has 58 valence electrons. The zero-order chi connectivity index (χ0) is 7.98. The van der Waals surface area contributed by atoms with Gasteiger partial charge in [0.2, 0.25) is 11.5 Å². The van der Waals surface area contributed by atoms with Crippen LogP contribution in [0, 0.1) is 5.92 Å². The summed E-state index contributed by atoms with van der Waals surface area (Å²) in [6.45, 7) is 4.11. The van der Waals surface area contributed by atoms with Crippen molar-refractivity contribution < 1.29 is 13.7 Å². The Morgan fingerprint density at radius 3 is 2.70 bits per heavy atom. The van der Waals surface area contributed by atoms with Crippen LogP contribution in [0.2, 0.25) is 0 Å². The van der Waals surface area contributed by atoms with Crippen molar-refractivity contribution in [2.75, 3.05) is 6.61 Å². The first-order valence-corrected chi connectivity index (χ1v) is 3.53. The van der Waals surface area contributed by atoms with Gasteiger partial charge in [0.1, 0.15) is 0 Å². The Kier molecular flexibility index (Phi) is 4.74. The lowest BCUT2D eigenvalue weighted by atomic mass is 10.2. The minimum atomic E-state index is -0.798. The maximum absolute atomic E-state index is 10.3. The Hall–Kier alpha value is -0.710. The van der Waals surface area contributed by atoms with Crippen LogP contribution in [0.15, 0.2) is 4.36 Å². The van der Waals surface area contributed by atoms with E-state index >= 15 is 0 Å². The van der Waals surface area contributed by atoms with Gasteiger partial charge in [0.05, 0.1) is 6.61 Å². The molecule has 0 saturated heterocycles. The molecule has 0 radical (unpaired) electrons. The standard InChI is InChI=1S/C5H9NO3S/c1-4(2)3-9-5(7)6-10-8/h4H,3H2,1-2H3. The zero-order valence-electron chi connectivity index (χ0n) is 5.86. The number of rotatable bonds is 2. The van der Waals surface area contributed by atoms with E-state index in [-0.39, 0.29) is 17.4 Å². The molecule has 1 amide bonds. The predicted octanol–water partition coefficient (Wildman–Crippen LogP) is 1.18. The summed E-state index contributed by atoms with van der Waals surface area (Å²) in [6.07, 6.45) is -0.798.